The fraction of sp³-hybridized carbons (Fsp3) is 0.857. The molecule has 1 aliphatic heterocycles. The fourth-order valence-corrected chi connectivity index (χ4v) is 1.26. The quantitative estimate of drug-likeness (QED) is 0.588. The Hall–Kier alpha value is -0.570. The lowest BCUT2D eigenvalue weighted by Crippen LogP contribution is -2.34. The summed E-state index contributed by atoms with van der Waals surface area (Å²) in [5.41, 5.74) is 5.51. The minimum absolute atomic E-state index is 0.127. The van der Waals surface area contributed by atoms with Crippen molar-refractivity contribution in [2.45, 2.75) is 25.8 Å². The summed E-state index contributed by atoms with van der Waals surface area (Å²) in [5.74, 6) is 0.127. The van der Waals surface area contributed by atoms with E-state index in [0.717, 1.165) is 25.9 Å². The fourth-order valence-electron chi connectivity index (χ4n) is 1.26. The highest BCUT2D eigenvalue weighted by Gasteiger charge is 2.27. The van der Waals surface area contributed by atoms with Crippen LogP contribution in [-0.4, -0.2) is 29.9 Å². The summed E-state index contributed by atoms with van der Waals surface area (Å²) in [6.07, 6.45) is 1.86. The van der Waals surface area contributed by atoms with Gasteiger partial charge in [-0.15, -0.1) is 0 Å². The molecule has 1 saturated heterocycles. The number of nitrogens with zero attached hydrogens (tertiary/aromatic N) is 1. The van der Waals surface area contributed by atoms with Gasteiger partial charge in [-0.05, 0) is 12.8 Å². The zero-order valence-corrected chi connectivity index (χ0v) is 6.34. The van der Waals surface area contributed by atoms with E-state index in [1.165, 1.54) is 0 Å². The van der Waals surface area contributed by atoms with Crippen LogP contribution in [0, 0.1) is 0 Å². The normalized spacial score (nSPS) is 26.0. The topological polar surface area (TPSA) is 46.3 Å². The molecular weight excluding hydrogens is 128 g/mol. The standard InChI is InChI=1S/C7H14N2O/c1-2-4-9-5-3-6(8)7(9)10/h6H,2-5,8H2,1H3/t6-/m1/s1. The van der Waals surface area contributed by atoms with Crippen molar-refractivity contribution in [3.63, 3.8) is 0 Å². The first-order chi connectivity index (χ1) is 4.75. The first kappa shape index (κ1) is 7.54. The van der Waals surface area contributed by atoms with Gasteiger partial charge in [-0.2, -0.15) is 0 Å². The zero-order valence-electron chi connectivity index (χ0n) is 6.34. The van der Waals surface area contributed by atoms with E-state index in [-0.39, 0.29) is 11.9 Å². The molecule has 1 fully saturated rings. The van der Waals surface area contributed by atoms with Gasteiger partial charge in [0.1, 0.15) is 0 Å². The molecular formula is C7H14N2O. The number of hydrogen-bond acceptors (Lipinski definition) is 2. The van der Waals surface area contributed by atoms with Gasteiger partial charge in [0.15, 0.2) is 0 Å². The summed E-state index contributed by atoms with van der Waals surface area (Å²) in [4.78, 5) is 12.9. The van der Waals surface area contributed by atoms with Crippen LogP contribution in [0.15, 0.2) is 0 Å². The van der Waals surface area contributed by atoms with Gasteiger partial charge in [0.25, 0.3) is 0 Å². The smallest absolute Gasteiger partial charge is 0.239 e. The number of rotatable bonds is 2. The number of carbonyl (C=O) groups excluding carboxylic acids is 1. The van der Waals surface area contributed by atoms with Gasteiger partial charge in [0, 0.05) is 13.1 Å². The summed E-state index contributed by atoms with van der Waals surface area (Å²) in [5, 5.41) is 0. The van der Waals surface area contributed by atoms with E-state index in [9.17, 15) is 4.79 Å². The van der Waals surface area contributed by atoms with Crippen LogP contribution in [0.1, 0.15) is 19.8 Å². The Morgan fingerprint density at radius 2 is 2.50 bits per heavy atom. The Bertz CT molecular complexity index is 134. The molecule has 0 aromatic carbocycles. The van der Waals surface area contributed by atoms with E-state index in [4.69, 9.17) is 5.73 Å². The molecule has 1 aliphatic rings. The molecule has 58 valence electrons. The van der Waals surface area contributed by atoms with Gasteiger partial charge in [0.05, 0.1) is 6.04 Å². The summed E-state index contributed by atoms with van der Waals surface area (Å²) >= 11 is 0. The van der Waals surface area contributed by atoms with E-state index in [1.54, 1.807) is 0 Å². The molecule has 0 unspecified atom stereocenters. The minimum Gasteiger partial charge on any atom is -0.341 e. The molecule has 0 aromatic rings. The monoisotopic (exact) mass is 142 g/mol. The Labute approximate surface area is 61.2 Å². The third-order valence-corrected chi connectivity index (χ3v) is 1.83. The summed E-state index contributed by atoms with van der Waals surface area (Å²) in [6.45, 7) is 3.79. The summed E-state index contributed by atoms with van der Waals surface area (Å²) < 4.78 is 0. The molecule has 3 nitrogen and oxygen atoms in total. The first-order valence-corrected chi connectivity index (χ1v) is 3.80. The molecule has 0 spiro atoms. The predicted molar refractivity (Wildman–Crippen MR) is 39.5 cm³/mol. The molecule has 1 rings (SSSR count). The number of nitrogens with two attached hydrogens (primary N) is 1. The highest BCUT2D eigenvalue weighted by molar-refractivity contribution is 5.83. The first-order valence-electron chi connectivity index (χ1n) is 3.80. The zero-order chi connectivity index (χ0) is 7.56. The van der Waals surface area contributed by atoms with E-state index >= 15 is 0 Å². The molecule has 0 radical (unpaired) electrons. The molecule has 10 heavy (non-hydrogen) atoms. The lowest BCUT2D eigenvalue weighted by atomic mass is 10.3. The maximum absolute atomic E-state index is 11.1. The van der Waals surface area contributed by atoms with Crippen LogP contribution in [0.25, 0.3) is 0 Å². The lowest BCUT2D eigenvalue weighted by Gasteiger charge is -2.13. The maximum atomic E-state index is 11.1. The summed E-state index contributed by atoms with van der Waals surface area (Å²) in [6, 6.07) is -0.216. The van der Waals surface area contributed by atoms with Gasteiger partial charge in [-0.1, -0.05) is 6.92 Å². The van der Waals surface area contributed by atoms with Crippen LogP contribution in [0.5, 0.6) is 0 Å². The van der Waals surface area contributed by atoms with Crippen LogP contribution < -0.4 is 5.73 Å². The largest absolute Gasteiger partial charge is 0.341 e. The average Bonchev–Trinajstić information content (AvgIpc) is 2.20. The van der Waals surface area contributed by atoms with Gasteiger partial charge in [0.2, 0.25) is 5.91 Å². The van der Waals surface area contributed by atoms with E-state index in [0.29, 0.717) is 0 Å². The van der Waals surface area contributed by atoms with Crippen molar-refractivity contribution in [1.29, 1.82) is 0 Å². The van der Waals surface area contributed by atoms with Crippen molar-refractivity contribution in [2.24, 2.45) is 5.73 Å². The second-order valence-corrected chi connectivity index (χ2v) is 2.72. The summed E-state index contributed by atoms with van der Waals surface area (Å²) in [7, 11) is 0. The van der Waals surface area contributed by atoms with Crippen LogP contribution in [0.2, 0.25) is 0 Å². The highest BCUT2D eigenvalue weighted by atomic mass is 16.2. The van der Waals surface area contributed by atoms with E-state index < -0.39 is 0 Å². The van der Waals surface area contributed by atoms with Crippen molar-refractivity contribution in [1.82, 2.24) is 4.90 Å². The lowest BCUT2D eigenvalue weighted by molar-refractivity contribution is -0.128. The molecule has 0 saturated carbocycles. The van der Waals surface area contributed by atoms with Crippen LogP contribution >= 0.6 is 0 Å². The van der Waals surface area contributed by atoms with Crippen molar-refractivity contribution in [2.75, 3.05) is 13.1 Å². The maximum Gasteiger partial charge on any atom is 0.239 e. The SMILES string of the molecule is CCCN1CC[C@@H](N)C1=O. The highest BCUT2D eigenvalue weighted by Crippen LogP contribution is 2.08. The number of carbonyl (C=O) groups is 1. The van der Waals surface area contributed by atoms with Crippen LogP contribution in [0.3, 0.4) is 0 Å². The Morgan fingerprint density at radius 1 is 1.80 bits per heavy atom. The molecule has 1 atom stereocenters. The molecule has 0 bridgehead atoms. The van der Waals surface area contributed by atoms with Crippen molar-refractivity contribution in [3.05, 3.63) is 0 Å². The van der Waals surface area contributed by atoms with Crippen LogP contribution in [0.4, 0.5) is 0 Å². The molecule has 0 aromatic heterocycles. The third-order valence-electron chi connectivity index (χ3n) is 1.83. The second-order valence-electron chi connectivity index (χ2n) is 2.72. The van der Waals surface area contributed by atoms with Crippen molar-refractivity contribution < 1.29 is 4.79 Å². The molecule has 3 heteroatoms. The van der Waals surface area contributed by atoms with Gasteiger partial charge in [-0.25, -0.2) is 0 Å². The third kappa shape index (κ3) is 1.29. The average molecular weight is 142 g/mol. The minimum atomic E-state index is -0.216. The molecule has 0 aliphatic carbocycles. The van der Waals surface area contributed by atoms with Gasteiger partial charge < -0.3 is 10.6 Å². The number of hydrogen-bond donors (Lipinski definition) is 1. The molecule has 2 N–H and O–H groups in total. The molecule has 1 amide bonds. The number of likely N-dealkylation sites (tertiary alicyclic amines) is 1. The van der Waals surface area contributed by atoms with Gasteiger partial charge in [-0.3, -0.25) is 4.79 Å². The van der Waals surface area contributed by atoms with E-state index in [1.807, 2.05) is 4.90 Å². The Balaban J connectivity index is 2.41. The van der Waals surface area contributed by atoms with Crippen LogP contribution in [-0.2, 0) is 4.79 Å². The molecule has 1 heterocycles. The van der Waals surface area contributed by atoms with Gasteiger partial charge >= 0.3 is 0 Å². The van der Waals surface area contributed by atoms with Crippen molar-refractivity contribution in [3.8, 4) is 0 Å². The Kier molecular flexibility index (Phi) is 2.27. The Morgan fingerprint density at radius 3 is 2.90 bits per heavy atom. The predicted octanol–water partition coefficient (Wildman–Crippen LogP) is -0.0440. The second kappa shape index (κ2) is 3.01. The number of amides is 1. The van der Waals surface area contributed by atoms with E-state index in [2.05, 4.69) is 6.92 Å². The van der Waals surface area contributed by atoms with Crippen molar-refractivity contribution >= 4 is 5.91 Å².